The largest absolute Gasteiger partial charge is 0.352 e. The maximum atomic E-state index is 13.4. The van der Waals surface area contributed by atoms with Crippen molar-refractivity contribution in [3.63, 3.8) is 0 Å². The van der Waals surface area contributed by atoms with Crippen LogP contribution < -0.4 is 16.4 Å². The summed E-state index contributed by atoms with van der Waals surface area (Å²) in [5.74, 6) is -1.14. The lowest BCUT2D eigenvalue weighted by molar-refractivity contribution is -0.114. The molecule has 1 unspecified atom stereocenters. The van der Waals surface area contributed by atoms with Crippen LogP contribution in [0.4, 0.5) is 10.1 Å². The summed E-state index contributed by atoms with van der Waals surface area (Å²) in [5, 5.41) is 5.03. The fourth-order valence-corrected chi connectivity index (χ4v) is 1.40. The highest BCUT2D eigenvalue weighted by Crippen LogP contribution is 2.16. The van der Waals surface area contributed by atoms with Crippen LogP contribution in [0.2, 0.25) is 0 Å². The van der Waals surface area contributed by atoms with E-state index < -0.39 is 11.7 Å². The SMILES string of the molecule is CC(=O)Nc1cc(C(=O)NCC(C)CN)ccc1F.Cl. The van der Waals surface area contributed by atoms with Crippen molar-refractivity contribution in [3.05, 3.63) is 29.6 Å². The van der Waals surface area contributed by atoms with Crippen LogP contribution in [0.1, 0.15) is 24.2 Å². The Morgan fingerprint density at radius 3 is 2.60 bits per heavy atom. The lowest BCUT2D eigenvalue weighted by atomic mass is 10.1. The monoisotopic (exact) mass is 303 g/mol. The van der Waals surface area contributed by atoms with Crippen LogP contribution in [0.3, 0.4) is 0 Å². The van der Waals surface area contributed by atoms with Crippen molar-refractivity contribution in [2.75, 3.05) is 18.4 Å². The minimum absolute atomic E-state index is 0. The van der Waals surface area contributed by atoms with E-state index >= 15 is 0 Å². The molecule has 7 heteroatoms. The summed E-state index contributed by atoms with van der Waals surface area (Å²) < 4.78 is 13.4. The Kier molecular flexibility index (Phi) is 7.79. The molecule has 0 radical (unpaired) electrons. The lowest BCUT2D eigenvalue weighted by Gasteiger charge is -2.11. The van der Waals surface area contributed by atoms with Gasteiger partial charge in [-0.2, -0.15) is 0 Å². The van der Waals surface area contributed by atoms with E-state index in [-0.39, 0.29) is 35.5 Å². The molecule has 1 rings (SSSR count). The van der Waals surface area contributed by atoms with E-state index in [0.717, 1.165) is 6.07 Å². The highest BCUT2D eigenvalue weighted by atomic mass is 35.5. The number of carbonyl (C=O) groups excluding carboxylic acids is 2. The average Bonchev–Trinajstić information content (AvgIpc) is 2.37. The van der Waals surface area contributed by atoms with Crippen molar-refractivity contribution in [1.82, 2.24) is 5.32 Å². The molecule has 0 saturated heterocycles. The van der Waals surface area contributed by atoms with Crippen LogP contribution in [-0.2, 0) is 4.79 Å². The molecule has 5 nitrogen and oxygen atoms in total. The number of amides is 2. The minimum atomic E-state index is -0.581. The average molecular weight is 304 g/mol. The molecular weight excluding hydrogens is 285 g/mol. The van der Waals surface area contributed by atoms with Gasteiger partial charge in [0.25, 0.3) is 5.91 Å². The number of nitrogens with two attached hydrogens (primary N) is 1. The van der Waals surface area contributed by atoms with Gasteiger partial charge in [-0.15, -0.1) is 12.4 Å². The highest BCUT2D eigenvalue weighted by molar-refractivity contribution is 5.96. The molecule has 1 aromatic carbocycles. The molecule has 0 saturated carbocycles. The summed E-state index contributed by atoms with van der Waals surface area (Å²) in [5.41, 5.74) is 5.73. The van der Waals surface area contributed by atoms with Gasteiger partial charge >= 0.3 is 0 Å². The second-order valence-electron chi connectivity index (χ2n) is 4.43. The first-order chi connectivity index (χ1) is 8.93. The number of carbonyl (C=O) groups is 2. The number of hydrogen-bond acceptors (Lipinski definition) is 3. The molecule has 0 aliphatic carbocycles. The quantitative estimate of drug-likeness (QED) is 0.771. The van der Waals surface area contributed by atoms with Crippen molar-refractivity contribution in [2.24, 2.45) is 11.7 Å². The van der Waals surface area contributed by atoms with E-state index in [2.05, 4.69) is 10.6 Å². The molecular formula is C13H19ClFN3O2. The third kappa shape index (κ3) is 5.54. The first kappa shape index (κ1) is 18.3. The van der Waals surface area contributed by atoms with Crippen LogP contribution >= 0.6 is 12.4 Å². The Bertz CT molecular complexity index is 483. The van der Waals surface area contributed by atoms with Crippen molar-refractivity contribution in [3.8, 4) is 0 Å². The summed E-state index contributed by atoms with van der Waals surface area (Å²) in [6.07, 6.45) is 0. The summed E-state index contributed by atoms with van der Waals surface area (Å²) >= 11 is 0. The topological polar surface area (TPSA) is 84.2 Å². The molecule has 1 aromatic rings. The summed E-state index contributed by atoms with van der Waals surface area (Å²) in [6, 6.07) is 3.81. The molecule has 112 valence electrons. The van der Waals surface area contributed by atoms with E-state index in [1.165, 1.54) is 19.1 Å². The maximum absolute atomic E-state index is 13.4. The number of nitrogens with one attached hydrogen (secondary N) is 2. The van der Waals surface area contributed by atoms with Crippen molar-refractivity contribution in [1.29, 1.82) is 0 Å². The van der Waals surface area contributed by atoms with E-state index in [4.69, 9.17) is 5.73 Å². The van der Waals surface area contributed by atoms with Gasteiger partial charge in [-0.1, -0.05) is 6.92 Å². The molecule has 0 heterocycles. The van der Waals surface area contributed by atoms with Gasteiger partial charge < -0.3 is 16.4 Å². The van der Waals surface area contributed by atoms with Crippen molar-refractivity contribution in [2.45, 2.75) is 13.8 Å². The minimum Gasteiger partial charge on any atom is -0.352 e. The van der Waals surface area contributed by atoms with E-state index in [0.29, 0.717) is 13.1 Å². The van der Waals surface area contributed by atoms with E-state index in [9.17, 15) is 14.0 Å². The van der Waals surface area contributed by atoms with Gasteiger partial charge in [0.1, 0.15) is 5.82 Å². The van der Waals surface area contributed by atoms with Gasteiger partial charge in [0.05, 0.1) is 5.69 Å². The fourth-order valence-electron chi connectivity index (χ4n) is 1.40. The second-order valence-corrected chi connectivity index (χ2v) is 4.43. The van der Waals surface area contributed by atoms with Crippen LogP contribution in [0, 0.1) is 11.7 Å². The first-order valence-electron chi connectivity index (χ1n) is 5.99. The first-order valence-corrected chi connectivity index (χ1v) is 5.99. The number of rotatable bonds is 5. The zero-order valence-electron chi connectivity index (χ0n) is 11.4. The van der Waals surface area contributed by atoms with Gasteiger partial charge in [0.15, 0.2) is 0 Å². The molecule has 20 heavy (non-hydrogen) atoms. The van der Waals surface area contributed by atoms with Crippen molar-refractivity contribution < 1.29 is 14.0 Å². The lowest BCUT2D eigenvalue weighted by Crippen LogP contribution is -2.31. The summed E-state index contributed by atoms with van der Waals surface area (Å²) in [6.45, 7) is 4.10. The van der Waals surface area contributed by atoms with E-state index in [1.807, 2.05) is 6.92 Å². The van der Waals surface area contributed by atoms with Gasteiger partial charge in [0, 0.05) is 19.0 Å². The van der Waals surface area contributed by atoms with Crippen LogP contribution in [0.5, 0.6) is 0 Å². The maximum Gasteiger partial charge on any atom is 0.251 e. The number of anilines is 1. The Hall–Kier alpha value is -1.66. The molecule has 1 atom stereocenters. The van der Waals surface area contributed by atoms with E-state index in [1.54, 1.807) is 0 Å². The number of hydrogen-bond donors (Lipinski definition) is 3. The Morgan fingerprint density at radius 1 is 1.40 bits per heavy atom. The molecule has 0 fully saturated rings. The predicted molar refractivity (Wildman–Crippen MR) is 78.5 cm³/mol. The molecule has 0 aliphatic rings. The third-order valence-corrected chi connectivity index (χ3v) is 2.55. The van der Waals surface area contributed by atoms with Crippen LogP contribution in [0.15, 0.2) is 18.2 Å². The molecule has 4 N–H and O–H groups in total. The molecule has 2 amide bonds. The summed E-state index contributed by atoms with van der Waals surface area (Å²) in [7, 11) is 0. The summed E-state index contributed by atoms with van der Waals surface area (Å²) in [4.78, 5) is 22.7. The standard InChI is InChI=1S/C13H18FN3O2.ClH/c1-8(6-15)7-16-13(19)10-3-4-11(14)12(5-10)17-9(2)18;/h3-5,8H,6-7,15H2,1-2H3,(H,16,19)(H,17,18);1H. The Labute approximate surface area is 123 Å². The fraction of sp³-hybridized carbons (Fsp3) is 0.385. The van der Waals surface area contributed by atoms with Crippen LogP contribution in [0.25, 0.3) is 0 Å². The molecule has 0 aromatic heterocycles. The number of benzene rings is 1. The Balaban J connectivity index is 0.00000361. The zero-order valence-corrected chi connectivity index (χ0v) is 12.2. The molecule has 0 bridgehead atoms. The Morgan fingerprint density at radius 2 is 2.05 bits per heavy atom. The number of halogens is 2. The molecule has 0 spiro atoms. The van der Waals surface area contributed by atoms with Gasteiger partial charge in [-0.05, 0) is 30.7 Å². The van der Waals surface area contributed by atoms with Gasteiger partial charge in [-0.3, -0.25) is 9.59 Å². The molecule has 0 aliphatic heterocycles. The van der Waals surface area contributed by atoms with Crippen molar-refractivity contribution >= 4 is 29.9 Å². The zero-order chi connectivity index (χ0) is 14.4. The normalized spacial score (nSPS) is 11.2. The highest BCUT2D eigenvalue weighted by Gasteiger charge is 2.11. The van der Waals surface area contributed by atoms with Gasteiger partial charge in [-0.25, -0.2) is 4.39 Å². The predicted octanol–water partition coefficient (Wildman–Crippen LogP) is 1.53. The third-order valence-electron chi connectivity index (χ3n) is 2.55. The van der Waals surface area contributed by atoms with Crippen LogP contribution in [-0.4, -0.2) is 24.9 Å². The van der Waals surface area contributed by atoms with Gasteiger partial charge in [0.2, 0.25) is 5.91 Å². The second kappa shape index (κ2) is 8.50. The smallest absolute Gasteiger partial charge is 0.251 e.